The van der Waals surface area contributed by atoms with Crippen molar-refractivity contribution >= 4 is 29.2 Å². The summed E-state index contributed by atoms with van der Waals surface area (Å²) in [5.41, 5.74) is -0.0780. The minimum atomic E-state index is -0.535. The number of rotatable bonds is 5. The molecule has 0 aliphatic heterocycles. The van der Waals surface area contributed by atoms with Gasteiger partial charge in [0.15, 0.2) is 5.16 Å². The molecule has 1 N–H and O–H groups in total. The summed E-state index contributed by atoms with van der Waals surface area (Å²) in [6, 6.07) is 6.48. The van der Waals surface area contributed by atoms with E-state index in [9.17, 15) is 20.2 Å². The van der Waals surface area contributed by atoms with Gasteiger partial charge in [0.2, 0.25) is 0 Å². The van der Waals surface area contributed by atoms with Crippen LogP contribution in [-0.2, 0) is 0 Å². The van der Waals surface area contributed by atoms with Gasteiger partial charge in [-0.15, -0.1) is 11.8 Å². The standard InChI is InChI=1S/C18H18N4O3S2/c1-26-18-20-16(14(10-19)17(23)21-18)13-9-11(22(24)25)7-8-15(13)27-12-5-3-2-4-6-12/h7-9,12H,2-6H2,1H3,(H,20,21,23). The Morgan fingerprint density at radius 1 is 1.33 bits per heavy atom. The van der Waals surface area contributed by atoms with Crippen molar-refractivity contribution in [3.05, 3.63) is 44.2 Å². The molecule has 7 nitrogen and oxygen atoms in total. The van der Waals surface area contributed by atoms with E-state index in [1.54, 1.807) is 24.1 Å². The van der Waals surface area contributed by atoms with E-state index < -0.39 is 10.5 Å². The second kappa shape index (κ2) is 8.59. The van der Waals surface area contributed by atoms with Crippen LogP contribution < -0.4 is 5.56 Å². The third kappa shape index (κ3) is 4.34. The number of aromatic amines is 1. The largest absolute Gasteiger partial charge is 0.300 e. The first-order valence-electron chi connectivity index (χ1n) is 8.57. The van der Waals surface area contributed by atoms with Crippen molar-refractivity contribution in [2.24, 2.45) is 0 Å². The quantitative estimate of drug-likeness (QED) is 0.342. The van der Waals surface area contributed by atoms with Crippen LogP contribution in [0.3, 0.4) is 0 Å². The molecule has 2 aromatic rings. The first-order chi connectivity index (χ1) is 13.0. The lowest BCUT2D eigenvalue weighted by atomic mass is 10.0. The van der Waals surface area contributed by atoms with Crippen LogP contribution in [0.5, 0.6) is 0 Å². The summed E-state index contributed by atoms with van der Waals surface area (Å²) in [5, 5.41) is 21.5. The van der Waals surface area contributed by atoms with Gasteiger partial charge in [-0.1, -0.05) is 31.0 Å². The second-order valence-corrected chi connectivity index (χ2v) is 8.36. The number of nitrogens with one attached hydrogen (secondary N) is 1. The van der Waals surface area contributed by atoms with Crippen LogP contribution in [0, 0.1) is 21.4 Å². The molecule has 1 heterocycles. The van der Waals surface area contributed by atoms with Crippen LogP contribution in [0.25, 0.3) is 11.3 Å². The van der Waals surface area contributed by atoms with Crippen LogP contribution in [0.15, 0.2) is 33.0 Å². The number of nitro benzene ring substituents is 1. The Kier molecular flexibility index (Phi) is 6.19. The predicted octanol–water partition coefficient (Wildman–Crippen LogP) is 4.36. The average molecular weight is 403 g/mol. The normalized spacial score (nSPS) is 14.7. The molecule has 1 aliphatic carbocycles. The van der Waals surface area contributed by atoms with Gasteiger partial charge in [0.05, 0.1) is 10.6 Å². The fraction of sp³-hybridized carbons (Fsp3) is 0.389. The maximum atomic E-state index is 12.3. The molecule has 0 bridgehead atoms. The van der Waals surface area contributed by atoms with Gasteiger partial charge in [-0.3, -0.25) is 14.9 Å². The van der Waals surface area contributed by atoms with Gasteiger partial charge in [-0.05, 0) is 25.2 Å². The molecule has 27 heavy (non-hydrogen) atoms. The Morgan fingerprint density at radius 3 is 2.70 bits per heavy atom. The van der Waals surface area contributed by atoms with E-state index in [4.69, 9.17) is 0 Å². The topological polar surface area (TPSA) is 113 Å². The number of nitro groups is 1. The van der Waals surface area contributed by atoms with Crippen LogP contribution in [0.4, 0.5) is 5.69 Å². The predicted molar refractivity (Wildman–Crippen MR) is 106 cm³/mol. The zero-order chi connectivity index (χ0) is 19.4. The monoisotopic (exact) mass is 402 g/mol. The summed E-state index contributed by atoms with van der Waals surface area (Å²) in [4.78, 5) is 30.8. The van der Waals surface area contributed by atoms with Crippen molar-refractivity contribution in [2.45, 2.75) is 47.4 Å². The number of benzene rings is 1. The van der Waals surface area contributed by atoms with Gasteiger partial charge in [0.1, 0.15) is 11.6 Å². The Balaban J connectivity index is 2.16. The maximum Gasteiger partial charge on any atom is 0.270 e. The summed E-state index contributed by atoms with van der Waals surface area (Å²) in [5.74, 6) is 0. The number of hydrogen-bond donors (Lipinski definition) is 1. The second-order valence-electron chi connectivity index (χ2n) is 6.23. The lowest BCUT2D eigenvalue weighted by Crippen LogP contribution is -2.15. The van der Waals surface area contributed by atoms with Gasteiger partial charge in [-0.2, -0.15) is 5.26 Å². The first-order valence-corrected chi connectivity index (χ1v) is 10.7. The highest BCUT2D eigenvalue weighted by Crippen LogP contribution is 2.40. The highest BCUT2D eigenvalue weighted by molar-refractivity contribution is 8.00. The van der Waals surface area contributed by atoms with Gasteiger partial charge in [-0.25, -0.2) is 4.98 Å². The minimum absolute atomic E-state index is 0.0883. The SMILES string of the molecule is CSc1nc(-c2cc([N+](=O)[O-])ccc2SC2CCCCC2)c(C#N)c(=O)[nH]1. The fourth-order valence-corrected chi connectivity index (χ4v) is 4.86. The van der Waals surface area contributed by atoms with Gasteiger partial charge >= 0.3 is 0 Å². The Morgan fingerprint density at radius 2 is 2.07 bits per heavy atom. The summed E-state index contributed by atoms with van der Waals surface area (Å²) >= 11 is 2.90. The zero-order valence-electron chi connectivity index (χ0n) is 14.7. The molecular weight excluding hydrogens is 384 g/mol. The first kappa shape index (κ1) is 19.5. The van der Waals surface area contributed by atoms with Crippen LogP contribution in [-0.4, -0.2) is 26.4 Å². The van der Waals surface area contributed by atoms with Crippen molar-refractivity contribution in [2.75, 3.05) is 6.26 Å². The Bertz CT molecular complexity index is 962. The van der Waals surface area contributed by atoms with Gasteiger partial charge in [0, 0.05) is 27.8 Å². The molecule has 3 rings (SSSR count). The van der Waals surface area contributed by atoms with E-state index >= 15 is 0 Å². The van der Waals surface area contributed by atoms with E-state index in [1.165, 1.54) is 43.2 Å². The van der Waals surface area contributed by atoms with E-state index in [2.05, 4.69) is 9.97 Å². The van der Waals surface area contributed by atoms with Crippen molar-refractivity contribution < 1.29 is 4.92 Å². The van der Waals surface area contributed by atoms with Crippen molar-refractivity contribution in [1.82, 2.24) is 9.97 Å². The lowest BCUT2D eigenvalue weighted by molar-refractivity contribution is -0.384. The summed E-state index contributed by atoms with van der Waals surface area (Å²) in [6.45, 7) is 0. The van der Waals surface area contributed by atoms with Gasteiger partial charge < -0.3 is 4.98 Å². The highest BCUT2D eigenvalue weighted by atomic mass is 32.2. The van der Waals surface area contributed by atoms with E-state index in [1.807, 2.05) is 6.07 Å². The third-order valence-electron chi connectivity index (χ3n) is 4.48. The van der Waals surface area contributed by atoms with E-state index in [0.717, 1.165) is 17.7 Å². The molecule has 1 saturated carbocycles. The third-order valence-corrected chi connectivity index (χ3v) is 6.47. The van der Waals surface area contributed by atoms with Crippen LogP contribution in [0.1, 0.15) is 37.7 Å². The van der Waals surface area contributed by atoms with Crippen molar-refractivity contribution in [3.8, 4) is 17.3 Å². The summed E-state index contributed by atoms with van der Waals surface area (Å²) in [7, 11) is 0. The average Bonchev–Trinajstić information content (AvgIpc) is 2.68. The van der Waals surface area contributed by atoms with E-state index in [0.29, 0.717) is 16.0 Å². The summed E-state index contributed by atoms with van der Waals surface area (Å²) in [6.07, 6.45) is 7.51. The summed E-state index contributed by atoms with van der Waals surface area (Å²) < 4.78 is 0. The molecule has 0 atom stereocenters. The van der Waals surface area contributed by atoms with Gasteiger partial charge in [0.25, 0.3) is 11.2 Å². The molecule has 140 valence electrons. The molecule has 1 aromatic carbocycles. The number of thioether (sulfide) groups is 2. The molecule has 9 heteroatoms. The number of aromatic nitrogens is 2. The Labute approximate surface area is 164 Å². The van der Waals surface area contributed by atoms with Crippen molar-refractivity contribution in [1.29, 1.82) is 5.26 Å². The zero-order valence-corrected chi connectivity index (χ0v) is 16.4. The lowest BCUT2D eigenvalue weighted by Gasteiger charge is -2.22. The minimum Gasteiger partial charge on any atom is -0.300 e. The Hall–Kier alpha value is -2.31. The molecule has 0 spiro atoms. The molecule has 1 aliphatic rings. The number of nitrogens with zero attached hydrogens (tertiary/aromatic N) is 3. The van der Waals surface area contributed by atoms with Crippen LogP contribution >= 0.6 is 23.5 Å². The molecule has 0 saturated heterocycles. The van der Waals surface area contributed by atoms with E-state index in [-0.39, 0.29) is 16.9 Å². The number of non-ortho nitro benzene ring substituents is 1. The number of hydrogen-bond acceptors (Lipinski definition) is 7. The van der Waals surface area contributed by atoms with Crippen LogP contribution in [0.2, 0.25) is 0 Å². The molecule has 0 radical (unpaired) electrons. The maximum absolute atomic E-state index is 12.3. The molecular formula is C18H18N4O3S2. The molecule has 1 aromatic heterocycles. The number of nitriles is 1. The molecule has 1 fully saturated rings. The fourth-order valence-electron chi connectivity index (χ4n) is 3.13. The molecule has 0 unspecified atom stereocenters. The highest BCUT2D eigenvalue weighted by Gasteiger charge is 2.22. The van der Waals surface area contributed by atoms with Crippen molar-refractivity contribution in [3.63, 3.8) is 0 Å². The smallest absolute Gasteiger partial charge is 0.270 e. The molecule has 0 amide bonds. The number of H-pyrrole nitrogens is 1.